The van der Waals surface area contributed by atoms with E-state index in [9.17, 15) is 9.59 Å². The number of aromatic nitrogens is 2. The molecule has 1 aliphatic rings. The summed E-state index contributed by atoms with van der Waals surface area (Å²) in [5.41, 5.74) is 3.75. The van der Waals surface area contributed by atoms with E-state index in [2.05, 4.69) is 17.1 Å². The number of amides is 1. The van der Waals surface area contributed by atoms with Crippen LogP contribution < -0.4 is 15.1 Å². The van der Waals surface area contributed by atoms with Crippen molar-refractivity contribution in [2.75, 3.05) is 11.5 Å². The van der Waals surface area contributed by atoms with Gasteiger partial charge in [0.25, 0.3) is 5.91 Å². The average molecular weight is 462 g/mol. The van der Waals surface area contributed by atoms with Crippen LogP contribution in [0.2, 0.25) is 0 Å². The number of carbonyl (C=O) groups excluding carboxylic acids is 1. The van der Waals surface area contributed by atoms with Crippen LogP contribution in [0.4, 0.5) is 5.13 Å². The summed E-state index contributed by atoms with van der Waals surface area (Å²) in [6, 6.07) is 12.2. The number of carbonyl (C=O) groups is 1. The number of hydrogen-bond acceptors (Lipinski definition) is 7. The first-order valence-electron chi connectivity index (χ1n) is 11.0. The summed E-state index contributed by atoms with van der Waals surface area (Å²) in [5.74, 6) is 0.342. The molecule has 0 fully saturated rings. The molecular formula is C25H23N3O4S. The Morgan fingerprint density at radius 1 is 1.15 bits per heavy atom. The Kier molecular flexibility index (Phi) is 5.68. The molecule has 0 saturated carbocycles. The first kappa shape index (κ1) is 21.3. The Labute approximate surface area is 194 Å². The molecule has 5 rings (SSSR count). The predicted molar refractivity (Wildman–Crippen MR) is 127 cm³/mol. The van der Waals surface area contributed by atoms with Crippen molar-refractivity contribution in [1.29, 1.82) is 0 Å². The summed E-state index contributed by atoms with van der Waals surface area (Å²) < 4.78 is 11.9. The van der Waals surface area contributed by atoms with Gasteiger partial charge in [-0.3, -0.25) is 14.5 Å². The Morgan fingerprint density at radius 3 is 2.82 bits per heavy atom. The van der Waals surface area contributed by atoms with Gasteiger partial charge in [0.15, 0.2) is 5.43 Å². The van der Waals surface area contributed by atoms with E-state index in [0.717, 1.165) is 30.4 Å². The maximum Gasteiger partial charge on any atom is 0.297 e. The number of hydrogen-bond donors (Lipinski definition) is 0. The van der Waals surface area contributed by atoms with E-state index in [4.69, 9.17) is 9.15 Å². The maximum absolute atomic E-state index is 13.6. The first-order chi connectivity index (χ1) is 16.1. The molecule has 0 aliphatic carbocycles. The molecule has 168 valence electrons. The smallest absolute Gasteiger partial charge is 0.297 e. The molecule has 2 aromatic heterocycles. The molecule has 0 radical (unpaired) electrons. The van der Waals surface area contributed by atoms with Gasteiger partial charge in [-0.25, -0.2) is 0 Å². The van der Waals surface area contributed by atoms with Gasteiger partial charge in [-0.2, -0.15) is 0 Å². The van der Waals surface area contributed by atoms with E-state index in [-0.39, 0.29) is 11.2 Å². The van der Waals surface area contributed by atoms with Crippen LogP contribution in [0.3, 0.4) is 0 Å². The number of nitrogens with zero attached hydrogens (tertiary/aromatic N) is 3. The summed E-state index contributed by atoms with van der Waals surface area (Å²) in [4.78, 5) is 28.6. The molecule has 3 heterocycles. The molecule has 0 N–H and O–H groups in total. The van der Waals surface area contributed by atoms with Crippen LogP contribution in [-0.4, -0.2) is 22.7 Å². The van der Waals surface area contributed by atoms with Gasteiger partial charge in [-0.1, -0.05) is 54.9 Å². The number of fused-ring (bicyclic) bond motifs is 2. The molecule has 1 aliphatic heterocycles. The third kappa shape index (κ3) is 3.80. The normalized spacial score (nSPS) is 15.3. The third-order valence-electron chi connectivity index (χ3n) is 5.77. The van der Waals surface area contributed by atoms with Gasteiger partial charge in [-0.15, -0.1) is 10.2 Å². The van der Waals surface area contributed by atoms with Crippen molar-refractivity contribution in [3.05, 3.63) is 80.6 Å². The van der Waals surface area contributed by atoms with Crippen molar-refractivity contribution in [3.8, 4) is 5.75 Å². The van der Waals surface area contributed by atoms with Crippen LogP contribution in [0.1, 0.15) is 59.5 Å². The third-order valence-corrected chi connectivity index (χ3v) is 6.46. The molecule has 4 aromatic rings. The summed E-state index contributed by atoms with van der Waals surface area (Å²) >= 11 is 1.24. The number of benzene rings is 2. The summed E-state index contributed by atoms with van der Waals surface area (Å²) in [7, 11) is 0. The van der Waals surface area contributed by atoms with Crippen molar-refractivity contribution in [1.82, 2.24) is 10.2 Å². The van der Waals surface area contributed by atoms with E-state index < -0.39 is 11.9 Å². The van der Waals surface area contributed by atoms with Crippen molar-refractivity contribution in [2.45, 2.75) is 39.2 Å². The standard InChI is InChI=1S/C25H23N3O4S/c1-3-4-5-11-31-17-8-6-7-16(13-17)21-20-22(29)18-12-15(2)9-10-19(18)32-23(20)24(30)28(21)25-27-26-14-33-25/h6-10,12-14,21H,3-5,11H2,1-2H3. The number of aryl methyl sites for hydroxylation is 1. The molecule has 0 saturated heterocycles. The van der Waals surface area contributed by atoms with E-state index in [0.29, 0.717) is 34.0 Å². The van der Waals surface area contributed by atoms with Gasteiger partial charge in [0.05, 0.1) is 23.6 Å². The summed E-state index contributed by atoms with van der Waals surface area (Å²) in [6.07, 6.45) is 3.18. The average Bonchev–Trinajstić information content (AvgIpc) is 3.44. The van der Waals surface area contributed by atoms with Gasteiger partial charge in [0, 0.05) is 0 Å². The monoisotopic (exact) mass is 461 g/mol. The molecule has 8 heteroatoms. The van der Waals surface area contributed by atoms with Crippen molar-refractivity contribution in [3.63, 3.8) is 0 Å². The second-order valence-corrected chi connectivity index (χ2v) is 8.91. The molecule has 0 spiro atoms. The second kappa shape index (κ2) is 8.78. The van der Waals surface area contributed by atoms with Crippen molar-refractivity contribution < 1.29 is 13.9 Å². The molecule has 7 nitrogen and oxygen atoms in total. The first-order valence-corrected chi connectivity index (χ1v) is 11.9. The molecule has 1 amide bonds. The number of unbranched alkanes of at least 4 members (excludes halogenated alkanes) is 2. The number of ether oxygens (including phenoxy) is 1. The fourth-order valence-electron chi connectivity index (χ4n) is 4.19. The van der Waals surface area contributed by atoms with Gasteiger partial charge in [0.1, 0.15) is 16.8 Å². The summed E-state index contributed by atoms with van der Waals surface area (Å²) in [6.45, 7) is 4.68. The van der Waals surface area contributed by atoms with Crippen molar-refractivity contribution >= 4 is 33.3 Å². The van der Waals surface area contributed by atoms with Crippen LogP contribution in [0, 0.1) is 6.92 Å². The Balaban J connectivity index is 1.65. The topological polar surface area (TPSA) is 85.5 Å². The van der Waals surface area contributed by atoms with Crippen LogP contribution >= 0.6 is 11.3 Å². The zero-order valence-corrected chi connectivity index (χ0v) is 19.2. The van der Waals surface area contributed by atoms with Gasteiger partial charge < -0.3 is 9.15 Å². The molecule has 1 unspecified atom stereocenters. The highest BCUT2D eigenvalue weighted by atomic mass is 32.1. The molecule has 0 bridgehead atoms. The van der Waals surface area contributed by atoms with Gasteiger partial charge in [-0.05, 0) is 43.2 Å². The summed E-state index contributed by atoms with van der Waals surface area (Å²) in [5, 5.41) is 8.87. The van der Waals surface area contributed by atoms with E-state index in [1.165, 1.54) is 16.2 Å². The van der Waals surface area contributed by atoms with E-state index in [1.54, 1.807) is 17.6 Å². The maximum atomic E-state index is 13.6. The quantitative estimate of drug-likeness (QED) is 0.349. The van der Waals surface area contributed by atoms with Gasteiger partial charge >= 0.3 is 0 Å². The Bertz CT molecular complexity index is 1380. The lowest BCUT2D eigenvalue weighted by Crippen LogP contribution is -2.29. The van der Waals surface area contributed by atoms with Crippen LogP contribution in [0.25, 0.3) is 11.0 Å². The molecule has 33 heavy (non-hydrogen) atoms. The fraction of sp³-hybridized carbons (Fsp3) is 0.280. The minimum Gasteiger partial charge on any atom is -0.494 e. The molecule has 1 atom stereocenters. The highest BCUT2D eigenvalue weighted by molar-refractivity contribution is 7.13. The Hall–Kier alpha value is -3.52. The Morgan fingerprint density at radius 2 is 2.03 bits per heavy atom. The highest BCUT2D eigenvalue weighted by Crippen LogP contribution is 2.42. The largest absolute Gasteiger partial charge is 0.494 e. The molecule has 2 aromatic carbocycles. The van der Waals surface area contributed by atoms with Crippen LogP contribution in [0.5, 0.6) is 5.75 Å². The fourth-order valence-corrected chi connectivity index (χ4v) is 4.77. The van der Waals surface area contributed by atoms with Crippen LogP contribution in [0.15, 0.2) is 57.2 Å². The van der Waals surface area contributed by atoms with Crippen molar-refractivity contribution in [2.24, 2.45) is 0 Å². The zero-order chi connectivity index (χ0) is 22.9. The lowest BCUT2D eigenvalue weighted by atomic mass is 9.98. The predicted octanol–water partition coefficient (Wildman–Crippen LogP) is 5.27. The zero-order valence-electron chi connectivity index (χ0n) is 18.4. The minimum atomic E-state index is -0.680. The minimum absolute atomic E-state index is 0.0471. The number of rotatable bonds is 7. The molecular weight excluding hydrogens is 438 g/mol. The lowest BCUT2D eigenvalue weighted by Gasteiger charge is -2.22. The lowest BCUT2D eigenvalue weighted by molar-refractivity contribution is 0.0970. The van der Waals surface area contributed by atoms with E-state index in [1.807, 2.05) is 37.3 Å². The SMILES string of the molecule is CCCCCOc1cccc(C2c3c(oc4ccc(C)cc4c3=O)C(=O)N2c2nncs2)c1. The van der Waals surface area contributed by atoms with E-state index >= 15 is 0 Å². The van der Waals surface area contributed by atoms with Crippen LogP contribution in [-0.2, 0) is 0 Å². The number of anilines is 1. The second-order valence-electron chi connectivity index (χ2n) is 8.10. The van der Waals surface area contributed by atoms with Gasteiger partial charge in [0.2, 0.25) is 10.9 Å². The highest BCUT2D eigenvalue weighted by Gasteiger charge is 2.45.